The molecular formula is C15H12ClNO2. The molecule has 1 N–H and O–H groups in total. The maximum atomic E-state index is 11.1. The molecule has 1 atom stereocenters. The number of carboxylic acid groups (broad SMARTS) is 1. The van der Waals surface area contributed by atoms with E-state index in [4.69, 9.17) is 16.7 Å². The van der Waals surface area contributed by atoms with E-state index in [9.17, 15) is 4.79 Å². The van der Waals surface area contributed by atoms with Gasteiger partial charge in [0.15, 0.2) is 0 Å². The molecule has 19 heavy (non-hydrogen) atoms. The quantitative estimate of drug-likeness (QED) is 0.911. The number of fused-ring (bicyclic) bond motifs is 1. The fraction of sp³-hybridized carbons (Fsp3) is 0.200. The van der Waals surface area contributed by atoms with Gasteiger partial charge in [-0.2, -0.15) is 0 Å². The molecule has 1 heterocycles. The van der Waals surface area contributed by atoms with Crippen LogP contribution < -0.4 is 0 Å². The van der Waals surface area contributed by atoms with Crippen LogP contribution in [0.25, 0.3) is 0 Å². The molecule has 3 rings (SSSR count). The van der Waals surface area contributed by atoms with Crippen molar-refractivity contribution in [3.8, 4) is 0 Å². The van der Waals surface area contributed by atoms with Crippen LogP contribution in [0.1, 0.15) is 39.5 Å². The Balaban J connectivity index is 2.05. The molecule has 0 aliphatic heterocycles. The van der Waals surface area contributed by atoms with Crippen molar-refractivity contribution in [2.75, 3.05) is 0 Å². The van der Waals surface area contributed by atoms with Crippen molar-refractivity contribution in [1.82, 2.24) is 4.98 Å². The number of aromatic carboxylic acids is 1. The Morgan fingerprint density at radius 2 is 2.21 bits per heavy atom. The Kier molecular flexibility index (Phi) is 2.99. The predicted octanol–water partition coefficient (Wildman–Crippen LogP) is 3.51. The molecule has 0 saturated carbocycles. The summed E-state index contributed by atoms with van der Waals surface area (Å²) >= 11 is 5.90. The van der Waals surface area contributed by atoms with Crippen molar-refractivity contribution in [3.63, 3.8) is 0 Å². The summed E-state index contributed by atoms with van der Waals surface area (Å²) < 4.78 is 0. The summed E-state index contributed by atoms with van der Waals surface area (Å²) in [6.45, 7) is 0. The highest BCUT2D eigenvalue weighted by atomic mass is 35.5. The molecule has 1 aromatic heterocycles. The normalized spacial score (nSPS) is 17.2. The zero-order chi connectivity index (χ0) is 13.4. The lowest BCUT2D eigenvalue weighted by Gasteiger charge is -2.12. The van der Waals surface area contributed by atoms with Gasteiger partial charge in [-0.3, -0.25) is 4.98 Å². The monoisotopic (exact) mass is 273 g/mol. The third-order valence-electron chi connectivity index (χ3n) is 3.58. The number of halogens is 1. The van der Waals surface area contributed by atoms with E-state index in [0.29, 0.717) is 0 Å². The number of hydrogen-bond donors (Lipinski definition) is 1. The average Bonchev–Trinajstić information content (AvgIpc) is 2.83. The minimum absolute atomic E-state index is 0.156. The van der Waals surface area contributed by atoms with E-state index in [0.717, 1.165) is 24.1 Å². The SMILES string of the molecule is O=C(O)c1cc(C2CCc3cccnc32)ccc1Cl. The molecule has 2 aromatic rings. The first-order valence-corrected chi connectivity index (χ1v) is 6.51. The van der Waals surface area contributed by atoms with E-state index in [-0.39, 0.29) is 16.5 Å². The van der Waals surface area contributed by atoms with Gasteiger partial charge in [-0.15, -0.1) is 0 Å². The number of nitrogens with zero attached hydrogens (tertiary/aromatic N) is 1. The van der Waals surface area contributed by atoms with Gasteiger partial charge >= 0.3 is 5.97 Å². The Morgan fingerprint density at radius 3 is 3.00 bits per heavy atom. The second-order valence-electron chi connectivity index (χ2n) is 4.68. The lowest BCUT2D eigenvalue weighted by atomic mass is 9.95. The van der Waals surface area contributed by atoms with Crippen molar-refractivity contribution >= 4 is 17.6 Å². The van der Waals surface area contributed by atoms with Crippen molar-refractivity contribution in [2.45, 2.75) is 18.8 Å². The van der Waals surface area contributed by atoms with E-state index in [2.05, 4.69) is 11.1 Å². The van der Waals surface area contributed by atoms with Gasteiger partial charge in [-0.05, 0) is 42.2 Å². The van der Waals surface area contributed by atoms with E-state index >= 15 is 0 Å². The van der Waals surface area contributed by atoms with Gasteiger partial charge < -0.3 is 5.11 Å². The molecular weight excluding hydrogens is 262 g/mol. The lowest BCUT2D eigenvalue weighted by molar-refractivity contribution is 0.0697. The molecule has 1 aliphatic rings. The van der Waals surface area contributed by atoms with E-state index in [1.54, 1.807) is 18.3 Å². The fourth-order valence-corrected chi connectivity index (χ4v) is 2.86. The highest BCUT2D eigenvalue weighted by Gasteiger charge is 2.26. The summed E-state index contributed by atoms with van der Waals surface area (Å²) in [5.74, 6) is -0.822. The second kappa shape index (κ2) is 4.67. The topological polar surface area (TPSA) is 50.2 Å². The summed E-state index contributed by atoms with van der Waals surface area (Å²) in [5.41, 5.74) is 3.43. The van der Waals surface area contributed by atoms with Gasteiger partial charge in [0.25, 0.3) is 0 Å². The van der Waals surface area contributed by atoms with Crippen molar-refractivity contribution < 1.29 is 9.90 Å². The van der Waals surface area contributed by atoms with Gasteiger partial charge in [-0.1, -0.05) is 23.7 Å². The molecule has 0 amide bonds. The Bertz CT molecular complexity index is 654. The zero-order valence-electron chi connectivity index (χ0n) is 10.1. The number of rotatable bonds is 2. The number of carbonyl (C=O) groups is 1. The van der Waals surface area contributed by atoms with Crippen LogP contribution in [0, 0.1) is 0 Å². The first kappa shape index (κ1) is 12.2. The number of hydrogen-bond acceptors (Lipinski definition) is 2. The van der Waals surface area contributed by atoms with Crippen LogP contribution >= 0.6 is 11.6 Å². The first-order chi connectivity index (χ1) is 9.16. The average molecular weight is 274 g/mol. The number of benzene rings is 1. The highest BCUT2D eigenvalue weighted by Crippen LogP contribution is 2.37. The molecule has 4 heteroatoms. The minimum Gasteiger partial charge on any atom is -0.478 e. The van der Waals surface area contributed by atoms with E-state index in [1.807, 2.05) is 12.1 Å². The summed E-state index contributed by atoms with van der Waals surface area (Å²) in [4.78, 5) is 15.6. The zero-order valence-corrected chi connectivity index (χ0v) is 10.9. The summed E-state index contributed by atoms with van der Waals surface area (Å²) in [5, 5.41) is 9.40. The molecule has 0 bridgehead atoms. The number of pyridine rings is 1. The molecule has 3 nitrogen and oxygen atoms in total. The van der Waals surface area contributed by atoms with Crippen molar-refractivity contribution in [3.05, 3.63) is 63.9 Å². The maximum Gasteiger partial charge on any atom is 0.337 e. The van der Waals surface area contributed by atoms with Gasteiger partial charge in [-0.25, -0.2) is 4.79 Å². The molecule has 0 spiro atoms. The van der Waals surface area contributed by atoms with Crippen molar-refractivity contribution in [1.29, 1.82) is 0 Å². The molecule has 0 radical (unpaired) electrons. The van der Waals surface area contributed by atoms with Crippen LogP contribution in [0.5, 0.6) is 0 Å². The first-order valence-electron chi connectivity index (χ1n) is 6.13. The molecule has 1 unspecified atom stereocenters. The van der Waals surface area contributed by atoms with Crippen LogP contribution in [-0.4, -0.2) is 16.1 Å². The molecule has 0 saturated heterocycles. The lowest BCUT2D eigenvalue weighted by Crippen LogP contribution is -2.03. The second-order valence-corrected chi connectivity index (χ2v) is 5.09. The smallest absolute Gasteiger partial charge is 0.337 e. The molecule has 0 fully saturated rings. The minimum atomic E-state index is -0.994. The van der Waals surface area contributed by atoms with Gasteiger partial charge in [0.1, 0.15) is 0 Å². The van der Waals surface area contributed by atoms with Crippen LogP contribution in [-0.2, 0) is 6.42 Å². The third kappa shape index (κ3) is 2.10. The number of aryl methyl sites for hydroxylation is 1. The summed E-state index contributed by atoms with van der Waals surface area (Å²) in [6.07, 6.45) is 3.73. The van der Waals surface area contributed by atoms with Crippen LogP contribution in [0.15, 0.2) is 36.5 Å². The van der Waals surface area contributed by atoms with Crippen LogP contribution in [0.4, 0.5) is 0 Å². The summed E-state index contributed by atoms with van der Waals surface area (Å²) in [6, 6.07) is 9.23. The van der Waals surface area contributed by atoms with Crippen LogP contribution in [0.3, 0.4) is 0 Å². The highest BCUT2D eigenvalue weighted by molar-refractivity contribution is 6.33. The predicted molar refractivity (Wildman–Crippen MR) is 72.8 cm³/mol. The number of aromatic nitrogens is 1. The van der Waals surface area contributed by atoms with Crippen LogP contribution in [0.2, 0.25) is 5.02 Å². The largest absolute Gasteiger partial charge is 0.478 e. The molecule has 1 aromatic carbocycles. The fourth-order valence-electron chi connectivity index (χ4n) is 2.66. The van der Waals surface area contributed by atoms with Crippen molar-refractivity contribution in [2.24, 2.45) is 0 Å². The Labute approximate surface area is 115 Å². The molecule has 1 aliphatic carbocycles. The number of carboxylic acids is 1. The van der Waals surface area contributed by atoms with Gasteiger partial charge in [0.05, 0.1) is 16.3 Å². The van der Waals surface area contributed by atoms with E-state index in [1.165, 1.54) is 5.56 Å². The Morgan fingerprint density at radius 1 is 1.37 bits per heavy atom. The van der Waals surface area contributed by atoms with E-state index < -0.39 is 5.97 Å². The molecule has 96 valence electrons. The van der Waals surface area contributed by atoms with Gasteiger partial charge in [0.2, 0.25) is 0 Å². The maximum absolute atomic E-state index is 11.1. The Hall–Kier alpha value is -1.87. The summed E-state index contributed by atoms with van der Waals surface area (Å²) in [7, 11) is 0. The third-order valence-corrected chi connectivity index (χ3v) is 3.91. The standard InChI is InChI=1S/C15H12ClNO2/c16-13-6-4-10(8-12(13)15(18)19)11-5-3-9-2-1-7-17-14(9)11/h1-2,4,6-8,11H,3,5H2,(H,18,19). The van der Waals surface area contributed by atoms with Gasteiger partial charge in [0, 0.05) is 12.1 Å².